The molecule has 2 heterocycles. The molecule has 6 nitrogen and oxygen atoms in total. The van der Waals surface area contributed by atoms with Gasteiger partial charge in [0.1, 0.15) is 5.82 Å². The van der Waals surface area contributed by atoms with Crippen molar-refractivity contribution in [2.45, 2.75) is 45.7 Å². The van der Waals surface area contributed by atoms with E-state index in [1.165, 1.54) is 6.07 Å². The number of hydrogen-bond donors (Lipinski definition) is 0. The molecule has 0 N–H and O–H groups in total. The minimum absolute atomic E-state index is 0.0968. The van der Waals surface area contributed by atoms with Gasteiger partial charge in [-0.05, 0) is 45.7 Å². The third-order valence-corrected chi connectivity index (χ3v) is 4.76. The number of nitrogens with zero attached hydrogens (tertiary/aromatic N) is 5. The highest BCUT2D eigenvalue weighted by atomic mass is 19.1. The maximum Gasteiger partial charge on any atom is 0.294 e. The summed E-state index contributed by atoms with van der Waals surface area (Å²) in [5.41, 5.74) is 2.18. The van der Waals surface area contributed by atoms with Crippen LogP contribution in [-0.4, -0.2) is 36.4 Å². The Kier molecular flexibility index (Phi) is 3.94. The van der Waals surface area contributed by atoms with Gasteiger partial charge in [0.25, 0.3) is 11.7 Å². The fraction of sp³-hybridized carbons (Fsp3) is 0.368. The lowest BCUT2D eigenvalue weighted by Crippen LogP contribution is -2.36. The van der Waals surface area contributed by atoms with E-state index >= 15 is 0 Å². The van der Waals surface area contributed by atoms with Gasteiger partial charge in [-0.1, -0.05) is 18.2 Å². The summed E-state index contributed by atoms with van der Waals surface area (Å²) in [6, 6.07) is 8.16. The highest BCUT2D eigenvalue weighted by Crippen LogP contribution is 2.36. The van der Waals surface area contributed by atoms with Gasteiger partial charge in [0.2, 0.25) is 5.82 Å². The van der Waals surface area contributed by atoms with Crippen molar-refractivity contribution in [3.63, 3.8) is 0 Å². The second-order valence-corrected chi connectivity index (χ2v) is 6.83. The van der Waals surface area contributed by atoms with Crippen molar-refractivity contribution < 1.29 is 9.18 Å². The Morgan fingerprint density at radius 1 is 1.27 bits per heavy atom. The number of benzene rings is 1. The molecule has 1 atom stereocenters. The van der Waals surface area contributed by atoms with Crippen molar-refractivity contribution in [3.05, 3.63) is 58.9 Å². The molecule has 0 spiro atoms. The molecular weight excluding hydrogens is 333 g/mol. The molecule has 0 aliphatic heterocycles. The molecule has 3 aromatic rings. The minimum atomic E-state index is -0.390. The molecule has 2 aromatic heterocycles. The number of hydrogen-bond acceptors (Lipinski definition) is 4. The van der Waals surface area contributed by atoms with Crippen LogP contribution in [0.2, 0.25) is 0 Å². The van der Waals surface area contributed by atoms with Crippen LogP contribution >= 0.6 is 0 Å². The number of aromatic nitrogens is 4. The second kappa shape index (κ2) is 6.16. The van der Waals surface area contributed by atoms with E-state index in [-0.39, 0.29) is 23.6 Å². The van der Waals surface area contributed by atoms with Crippen LogP contribution in [0.25, 0.3) is 5.78 Å². The van der Waals surface area contributed by atoms with Gasteiger partial charge in [0, 0.05) is 23.0 Å². The number of carbonyl (C=O) groups is 1. The SMILES string of the molecule is Cc1cc(C)n2nc(C(=O)N(C3CC3)C(C)c3ccccc3F)nc2n1. The number of aryl methyl sites for hydroxylation is 2. The van der Waals surface area contributed by atoms with E-state index in [0.29, 0.717) is 11.3 Å². The summed E-state index contributed by atoms with van der Waals surface area (Å²) >= 11 is 0. The van der Waals surface area contributed by atoms with Gasteiger partial charge < -0.3 is 4.90 Å². The number of carbonyl (C=O) groups excluding carboxylic acids is 1. The number of amides is 1. The standard InChI is InChI=1S/C19H20FN5O/c1-11-10-12(2)25-19(21-11)22-17(23-25)18(26)24(14-8-9-14)13(3)15-6-4-5-7-16(15)20/h4-7,10,13-14H,8-9H2,1-3H3. The summed E-state index contributed by atoms with van der Waals surface area (Å²) in [5, 5.41) is 4.34. The fourth-order valence-corrected chi connectivity index (χ4v) is 3.35. The molecule has 0 saturated heterocycles. The zero-order chi connectivity index (χ0) is 18.4. The fourth-order valence-electron chi connectivity index (χ4n) is 3.35. The summed E-state index contributed by atoms with van der Waals surface area (Å²) in [5.74, 6) is -0.0956. The zero-order valence-electron chi connectivity index (χ0n) is 15.0. The maximum atomic E-state index is 14.2. The van der Waals surface area contributed by atoms with Gasteiger partial charge in [-0.15, -0.1) is 5.10 Å². The topological polar surface area (TPSA) is 63.4 Å². The van der Waals surface area contributed by atoms with Gasteiger partial charge in [-0.3, -0.25) is 4.79 Å². The molecule has 1 unspecified atom stereocenters. The molecule has 7 heteroatoms. The summed E-state index contributed by atoms with van der Waals surface area (Å²) in [7, 11) is 0. The van der Waals surface area contributed by atoms with E-state index in [0.717, 1.165) is 24.2 Å². The van der Waals surface area contributed by atoms with Gasteiger partial charge in [0.05, 0.1) is 6.04 Å². The number of rotatable bonds is 4. The minimum Gasteiger partial charge on any atom is -0.326 e. The zero-order valence-corrected chi connectivity index (χ0v) is 15.0. The maximum absolute atomic E-state index is 14.2. The Bertz CT molecular complexity index is 995. The Morgan fingerprint density at radius 2 is 2.00 bits per heavy atom. The Morgan fingerprint density at radius 3 is 2.69 bits per heavy atom. The molecule has 1 aliphatic rings. The van der Waals surface area contributed by atoms with Crippen LogP contribution in [0.3, 0.4) is 0 Å². The van der Waals surface area contributed by atoms with Crippen molar-refractivity contribution in [1.29, 1.82) is 0 Å². The first-order valence-corrected chi connectivity index (χ1v) is 8.74. The molecule has 26 heavy (non-hydrogen) atoms. The van der Waals surface area contributed by atoms with E-state index in [9.17, 15) is 9.18 Å². The third kappa shape index (κ3) is 2.83. The number of halogens is 1. The molecule has 1 aromatic carbocycles. The highest BCUT2D eigenvalue weighted by Gasteiger charge is 2.39. The Balaban J connectivity index is 1.72. The van der Waals surface area contributed by atoms with E-state index in [4.69, 9.17) is 0 Å². The summed E-state index contributed by atoms with van der Waals surface area (Å²) < 4.78 is 15.8. The predicted octanol–water partition coefficient (Wildman–Crippen LogP) is 3.25. The molecule has 4 rings (SSSR count). The van der Waals surface area contributed by atoms with Crippen molar-refractivity contribution in [1.82, 2.24) is 24.5 Å². The highest BCUT2D eigenvalue weighted by molar-refractivity contribution is 5.91. The average Bonchev–Trinajstić information content (AvgIpc) is 3.33. The van der Waals surface area contributed by atoms with Crippen LogP contribution in [-0.2, 0) is 0 Å². The van der Waals surface area contributed by atoms with E-state index < -0.39 is 6.04 Å². The second-order valence-electron chi connectivity index (χ2n) is 6.83. The first-order chi connectivity index (χ1) is 12.5. The van der Waals surface area contributed by atoms with Crippen LogP contribution in [0, 0.1) is 19.7 Å². The molecule has 0 radical (unpaired) electrons. The van der Waals surface area contributed by atoms with Crippen LogP contribution in [0.4, 0.5) is 4.39 Å². The van der Waals surface area contributed by atoms with Gasteiger partial charge in [-0.2, -0.15) is 4.98 Å². The molecule has 1 fully saturated rings. The average molecular weight is 353 g/mol. The smallest absolute Gasteiger partial charge is 0.294 e. The van der Waals surface area contributed by atoms with E-state index in [1.54, 1.807) is 27.6 Å². The summed E-state index contributed by atoms with van der Waals surface area (Å²) in [4.78, 5) is 23.5. The van der Waals surface area contributed by atoms with E-state index in [1.807, 2.05) is 26.8 Å². The molecular formula is C19H20FN5O. The normalized spacial score (nSPS) is 15.2. The molecule has 0 bridgehead atoms. The first-order valence-electron chi connectivity index (χ1n) is 8.74. The quantitative estimate of drug-likeness (QED) is 0.722. The molecule has 1 amide bonds. The lowest BCUT2D eigenvalue weighted by Gasteiger charge is -2.29. The molecule has 1 saturated carbocycles. The van der Waals surface area contributed by atoms with Crippen LogP contribution in [0.1, 0.15) is 53.4 Å². The largest absolute Gasteiger partial charge is 0.326 e. The molecule has 1 aliphatic carbocycles. The lowest BCUT2D eigenvalue weighted by molar-refractivity contribution is 0.0658. The van der Waals surface area contributed by atoms with Crippen molar-refractivity contribution >= 4 is 11.7 Å². The molecule has 134 valence electrons. The van der Waals surface area contributed by atoms with Crippen molar-refractivity contribution in [3.8, 4) is 0 Å². The van der Waals surface area contributed by atoms with Crippen molar-refractivity contribution in [2.24, 2.45) is 0 Å². The van der Waals surface area contributed by atoms with E-state index in [2.05, 4.69) is 15.1 Å². The van der Waals surface area contributed by atoms with Gasteiger partial charge >= 0.3 is 0 Å². The first kappa shape index (κ1) is 16.6. The predicted molar refractivity (Wildman–Crippen MR) is 94.3 cm³/mol. The summed E-state index contributed by atoms with van der Waals surface area (Å²) in [6.07, 6.45) is 1.82. The monoisotopic (exact) mass is 353 g/mol. The van der Waals surface area contributed by atoms with Gasteiger partial charge in [-0.25, -0.2) is 13.9 Å². The van der Waals surface area contributed by atoms with Crippen LogP contribution in [0.15, 0.2) is 30.3 Å². The Hall–Kier alpha value is -2.83. The van der Waals surface area contributed by atoms with Crippen LogP contribution < -0.4 is 0 Å². The van der Waals surface area contributed by atoms with Gasteiger partial charge in [0.15, 0.2) is 0 Å². The summed E-state index contributed by atoms with van der Waals surface area (Å²) in [6.45, 7) is 5.61. The van der Waals surface area contributed by atoms with Crippen LogP contribution in [0.5, 0.6) is 0 Å². The van der Waals surface area contributed by atoms with Crippen molar-refractivity contribution in [2.75, 3.05) is 0 Å². The lowest BCUT2D eigenvalue weighted by atomic mass is 10.1. The number of fused-ring (bicyclic) bond motifs is 1. The third-order valence-electron chi connectivity index (χ3n) is 4.76. The Labute approximate surface area is 150 Å².